The van der Waals surface area contributed by atoms with Crippen molar-refractivity contribution in [1.29, 1.82) is 0 Å². The number of hydrogen-bond donors (Lipinski definition) is 1. The van der Waals surface area contributed by atoms with E-state index in [2.05, 4.69) is 10.4 Å². The molecule has 16 heavy (non-hydrogen) atoms. The van der Waals surface area contributed by atoms with Gasteiger partial charge in [0.15, 0.2) is 0 Å². The average molecular weight is 246 g/mol. The lowest BCUT2D eigenvalue weighted by Gasteiger charge is -2.15. The van der Waals surface area contributed by atoms with Gasteiger partial charge in [-0.1, -0.05) is 0 Å². The largest absolute Gasteiger partial charge is 0.383 e. The van der Waals surface area contributed by atoms with Crippen molar-refractivity contribution in [2.75, 3.05) is 19.6 Å². The summed E-state index contributed by atoms with van der Waals surface area (Å²) >= 11 is 5.64. The number of nitrogens with one attached hydrogen (secondary N) is 1. The van der Waals surface area contributed by atoms with Gasteiger partial charge in [-0.25, -0.2) is 0 Å². The van der Waals surface area contributed by atoms with Gasteiger partial charge in [0.2, 0.25) is 0 Å². The van der Waals surface area contributed by atoms with Crippen LogP contribution >= 0.6 is 11.6 Å². The van der Waals surface area contributed by atoms with Gasteiger partial charge >= 0.3 is 0 Å². The van der Waals surface area contributed by atoms with Crippen LogP contribution in [0.4, 0.5) is 0 Å². The van der Waals surface area contributed by atoms with E-state index in [1.165, 1.54) is 6.20 Å². The Morgan fingerprint density at radius 1 is 1.75 bits per heavy atom. The van der Waals surface area contributed by atoms with Crippen molar-refractivity contribution >= 4 is 17.5 Å². The van der Waals surface area contributed by atoms with Gasteiger partial charge in [0.25, 0.3) is 5.91 Å². The van der Waals surface area contributed by atoms with Gasteiger partial charge < -0.3 is 10.1 Å². The molecule has 1 aromatic rings. The fourth-order valence-corrected chi connectivity index (χ4v) is 1.60. The van der Waals surface area contributed by atoms with Crippen molar-refractivity contribution in [3.63, 3.8) is 0 Å². The van der Waals surface area contributed by atoms with Crippen LogP contribution in [0.3, 0.4) is 0 Å². The summed E-state index contributed by atoms with van der Waals surface area (Å²) in [5, 5.41) is 6.78. The molecule has 0 spiro atoms. The molecule has 0 aliphatic carbocycles. The SMILES string of the molecule is COCC(CCCl)NC(=O)c1cnn(C)c1. The highest BCUT2D eigenvalue weighted by Crippen LogP contribution is 2.00. The normalized spacial score (nSPS) is 12.4. The second kappa shape index (κ2) is 6.50. The number of ether oxygens (including phenoxy) is 1. The molecule has 1 atom stereocenters. The number of aromatic nitrogens is 2. The summed E-state index contributed by atoms with van der Waals surface area (Å²) in [4.78, 5) is 11.8. The lowest BCUT2D eigenvalue weighted by atomic mass is 10.2. The highest BCUT2D eigenvalue weighted by Gasteiger charge is 2.14. The third-order valence-corrected chi connectivity index (χ3v) is 2.35. The molecule has 0 radical (unpaired) electrons. The van der Waals surface area contributed by atoms with E-state index in [9.17, 15) is 4.79 Å². The number of nitrogens with zero attached hydrogens (tertiary/aromatic N) is 2. The predicted octanol–water partition coefficient (Wildman–Crippen LogP) is 0.794. The topological polar surface area (TPSA) is 56.1 Å². The van der Waals surface area contributed by atoms with Gasteiger partial charge in [-0.05, 0) is 6.42 Å². The maximum absolute atomic E-state index is 11.8. The molecule has 0 saturated heterocycles. The van der Waals surface area contributed by atoms with Crippen LogP contribution in [0, 0.1) is 0 Å². The van der Waals surface area contributed by atoms with Crippen molar-refractivity contribution in [1.82, 2.24) is 15.1 Å². The van der Waals surface area contributed by atoms with Crippen molar-refractivity contribution in [3.8, 4) is 0 Å². The monoisotopic (exact) mass is 245 g/mol. The van der Waals surface area contributed by atoms with E-state index in [1.807, 2.05) is 0 Å². The number of hydrogen-bond acceptors (Lipinski definition) is 3. The average Bonchev–Trinajstić information content (AvgIpc) is 2.65. The molecule has 90 valence electrons. The second-order valence-electron chi connectivity index (χ2n) is 3.51. The van der Waals surface area contributed by atoms with Crippen LogP contribution in [-0.2, 0) is 11.8 Å². The quantitative estimate of drug-likeness (QED) is 0.754. The van der Waals surface area contributed by atoms with Gasteiger partial charge in [0, 0.05) is 26.2 Å². The number of halogens is 1. The van der Waals surface area contributed by atoms with Crippen molar-refractivity contribution < 1.29 is 9.53 Å². The standard InChI is InChI=1S/C10H16ClN3O2/c1-14-6-8(5-12-14)10(15)13-9(3-4-11)7-16-2/h5-6,9H,3-4,7H2,1-2H3,(H,13,15). The molecule has 0 aliphatic rings. The lowest BCUT2D eigenvalue weighted by Crippen LogP contribution is -2.38. The molecule has 0 aromatic carbocycles. The predicted molar refractivity (Wildman–Crippen MR) is 61.7 cm³/mol. The van der Waals surface area contributed by atoms with Crippen LogP contribution in [0.5, 0.6) is 0 Å². The van der Waals surface area contributed by atoms with E-state index in [4.69, 9.17) is 16.3 Å². The minimum absolute atomic E-state index is 0.0600. The molecule has 1 unspecified atom stereocenters. The summed E-state index contributed by atoms with van der Waals surface area (Å²) in [5.74, 6) is 0.335. The third-order valence-electron chi connectivity index (χ3n) is 2.13. The molecule has 1 aromatic heterocycles. The van der Waals surface area contributed by atoms with Crippen molar-refractivity contribution in [3.05, 3.63) is 18.0 Å². The van der Waals surface area contributed by atoms with E-state index < -0.39 is 0 Å². The van der Waals surface area contributed by atoms with Crippen LogP contribution in [0.1, 0.15) is 16.8 Å². The molecule has 6 heteroatoms. The summed E-state index contributed by atoms with van der Waals surface area (Å²) in [7, 11) is 3.36. The molecule has 0 fully saturated rings. The Balaban J connectivity index is 2.54. The molecule has 0 saturated carbocycles. The summed E-state index contributed by atoms with van der Waals surface area (Å²) < 4.78 is 6.59. The molecule has 5 nitrogen and oxygen atoms in total. The fraction of sp³-hybridized carbons (Fsp3) is 0.600. The van der Waals surface area contributed by atoms with E-state index in [0.717, 1.165) is 0 Å². The van der Waals surface area contributed by atoms with E-state index in [-0.39, 0.29) is 11.9 Å². The minimum atomic E-state index is -0.153. The molecular formula is C10H16ClN3O2. The molecule has 0 aliphatic heterocycles. The first-order chi connectivity index (χ1) is 7.67. The Morgan fingerprint density at radius 2 is 2.50 bits per heavy atom. The van der Waals surface area contributed by atoms with Crippen molar-refractivity contribution in [2.45, 2.75) is 12.5 Å². The number of carbonyl (C=O) groups excluding carboxylic acids is 1. The van der Waals surface area contributed by atoms with E-state index in [0.29, 0.717) is 24.5 Å². The number of amides is 1. The van der Waals surface area contributed by atoms with Crippen LogP contribution in [0.2, 0.25) is 0 Å². The smallest absolute Gasteiger partial charge is 0.254 e. The third kappa shape index (κ3) is 3.83. The van der Waals surface area contributed by atoms with Gasteiger partial charge in [0.05, 0.1) is 24.4 Å². The Hall–Kier alpha value is -1.07. The minimum Gasteiger partial charge on any atom is -0.383 e. The summed E-state index contributed by atoms with van der Waals surface area (Å²) in [6, 6.07) is -0.0600. The Labute approximate surface area is 99.7 Å². The summed E-state index contributed by atoms with van der Waals surface area (Å²) in [6.07, 6.45) is 3.88. The molecule has 1 N–H and O–H groups in total. The first-order valence-electron chi connectivity index (χ1n) is 5.01. The zero-order valence-electron chi connectivity index (χ0n) is 9.44. The van der Waals surface area contributed by atoms with Crippen LogP contribution < -0.4 is 5.32 Å². The second-order valence-corrected chi connectivity index (χ2v) is 3.88. The summed E-state index contributed by atoms with van der Waals surface area (Å²) in [6.45, 7) is 0.457. The van der Waals surface area contributed by atoms with Crippen molar-refractivity contribution in [2.24, 2.45) is 7.05 Å². The Kier molecular flexibility index (Phi) is 5.28. The van der Waals surface area contributed by atoms with Gasteiger partial charge in [-0.2, -0.15) is 5.10 Å². The maximum atomic E-state index is 11.8. The number of aryl methyl sites for hydroxylation is 1. The lowest BCUT2D eigenvalue weighted by molar-refractivity contribution is 0.0895. The van der Waals surface area contributed by atoms with Gasteiger partial charge in [0.1, 0.15) is 0 Å². The van der Waals surface area contributed by atoms with E-state index in [1.54, 1.807) is 25.0 Å². The fourth-order valence-electron chi connectivity index (χ4n) is 1.34. The Bertz CT molecular complexity index is 335. The molecule has 0 bridgehead atoms. The number of carbonyl (C=O) groups is 1. The molecule has 1 heterocycles. The highest BCUT2D eigenvalue weighted by atomic mass is 35.5. The van der Waals surface area contributed by atoms with Gasteiger partial charge in [-0.15, -0.1) is 11.6 Å². The summed E-state index contributed by atoms with van der Waals surface area (Å²) in [5.41, 5.74) is 0.540. The molecule has 1 amide bonds. The Morgan fingerprint density at radius 3 is 3.00 bits per heavy atom. The number of rotatable bonds is 6. The first-order valence-corrected chi connectivity index (χ1v) is 5.55. The van der Waals surface area contributed by atoms with Gasteiger partial charge in [-0.3, -0.25) is 9.48 Å². The number of methoxy groups -OCH3 is 1. The zero-order valence-corrected chi connectivity index (χ0v) is 10.2. The zero-order chi connectivity index (χ0) is 12.0. The highest BCUT2D eigenvalue weighted by molar-refractivity contribution is 6.17. The van der Waals surface area contributed by atoms with Crippen LogP contribution in [-0.4, -0.2) is 41.3 Å². The number of alkyl halides is 1. The van der Waals surface area contributed by atoms with Crippen LogP contribution in [0.25, 0.3) is 0 Å². The molecule has 1 rings (SSSR count). The van der Waals surface area contributed by atoms with Crippen LogP contribution in [0.15, 0.2) is 12.4 Å². The first kappa shape index (κ1) is 13.0. The van der Waals surface area contributed by atoms with E-state index >= 15 is 0 Å². The maximum Gasteiger partial charge on any atom is 0.254 e. The molecular weight excluding hydrogens is 230 g/mol.